The van der Waals surface area contributed by atoms with Crippen molar-refractivity contribution in [2.24, 2.45) is 0 Å². The molecule has 0 aliphatic carbocycles. The van der Waals surface area contributed by atoms with Crippen molar-refractivity contribution in [1.82, 2.24) is 9.55 Å². The summed E-state index contributed by atoms with van der Waals surface area (Å²) >= 11 is 0. The summed E-state index contributed by atoms with van der Waals surface area (Å²) in [5.41, 5.74) is 2.25. The third kappa shape index (κ3) is 2.27. The Morgan fingerprint density at radius 2 is 1.89 bits per heavy atom. The van der Waals surface area contributed by atoms with E-state index in [4.69, 9.17) is 0 Å². The second-order valence-corrected chi connectivity index (χ2v) is 4.49. The van der Waals surface area contributed by atoms with E-state index in [1.807, 2.05) is 6.92 Å². The van der Waals surface area contributed by atoms with Crippen LogP contribution in [0.2, 0.25) is 0 Å². The van der Waals surface area contributed by atoms with Gasteiger partial charge in [-0.15, -0.1) is 0 Å². The predicted molar refractivity (Wildman–Crippen MR) is 71.0 cm³/mol. The van der Waals surface area contributed by atoms with Crippen LogP contribution < -0.4 is 5.56 Å². The molecule has 98 valence electrons. The Bertz CT molecular complexity index is 717. The number of carbonyl (C=O) groups is 1. The molecule has 0 radical (unpaired) electrons. The van der Waals surface area contributed by atoms with Gasteiger partial charge in [-0.2, -0.15) is 0 Å². The van der Waals surface area contributed by atoms with Crippen LogP contribution in [0.15, 0.2) is 29.3 Å². The first-order valence-corrected chi connectivity index (χ1v) is 5.80. The van der Waals surface area contributed by atoms with Crippen molar-refractivity contribution >= 4 is 5.97 Å². The lowest BCUT2D eigenvalue weighted by Crippen LogP contribution is -2.24. The Labute approximate surface area is 110 Å². The molecule has 5 nitrogen and oxygen atoms in total. The molecule has 0 atom stereocenters. The SMILES string of the molecule is Cc1cncc(-n2c(C)c(C(=O)O)c(C)cc2=O)c1. The van der Waals surface area contributed by atoms with E-state index in [-0.39, 0.29) is 11.1 Å². The van der Waals surface area contributed by atoms with Crippen molar-refractivity contribution in [3.63, 3.8) is 0 Å². The fourth-order valence-corrected chi connectivity index (χ4v) is 2.19. The van der Waals surface area contributed by atoms with Crippen molar-refractivity contribution in [3.05, 3.63) is 57.3 Å². The summed E-state index contributed by atoms with van der Waals surface area (Å²) in [4.78, 5) is 27.4. The lowest BCUT2D eigenvalue weighted by atomic mass is 10.1. The quantitative estimate of drug-likeness (QED) is 0.892. The molecule has 2 aromatic rings. The van der Waals surface area contributed by atoms with Crippen LogP contribution in [0.25, 0.3) is 5.69 Å². The van der Waals surface area contributed by atoms with Gasteiger partial charge in [0.1, 0.15) is 0 Å². The summed E-state index contributed by atoms with van der Waals surface area (Å²) in [6.45, 7) is 5.11. The molecule has 0 bridgehead atoms. The molecule has 0 spiro atoms. The Kier molecular flexibility index (Phi) is 3.21. The Hall–Kier alpha value is -2.43. The van der Waals surface area contributed by atoms with Crippen LogP contribution >= 0.6 is 0 Å². The van der Waals surface area contributed by atoms with Gasteiger partial charge in [-0.3, -0.25) is 14.3 Å². The number of nitrogens with zero attached hydrogens (tertiary/aromatic N) is 2. The maximum absolute atomic E-state index is 12.1. The van der Waals surface area contributed by atoms with Gasteiger partial charge in [0, 0.05) is 18.0 Å². The van der Waals surface area contributed by atoms with Crippen LogP contribution in [0.5, 0.6) is 0 Å². The van der Waals surface area contributed by atoms with Gasteiger partial charge in [0.2, 0.25) is 0 Å². The highest BCUT2D eigenvalue weighted by molar-refractivity contribution is 5.90. The number of carboxylic acid groups (broad SMARTS) is 1. The second-order valence-electron chi connectivity index (χ2n) is 4.49. The van der Waals surface area contributed by atoms with Crippen molar-refractivity contribution in [2.45, 2.75) is 20.8 Å². The minimum atomic E-state index is -1.04. The summed E-state index contributed by atoms with van der Waals surface area (Å²) in [6, 6.07) is 3.13. The number of rotatable bonds is 2. The minimum Gasteiger partial charge on any atom is -0.478 e. The van der Waals surface area contributed by atoms with Gasteiger partial charge >= 0.3 is 5.97 Å². The molecule has 2 aromatic heterocycles. The zero-order valence-electron chi connectivity index (χ0n) is 11.0. The van der Waals surface area contributed by atoms with Crippen molar-refractivity contribution in [2.75, 3.05) is 0 Å². The topological polar surface area (TPSA) is 72.2 Å². The molecule has 0 aliphatic heterocycles. The molecule has 5 heteroatoms. The highest BCUT2D eigenvalue weighted by Gasteiger charge is 2.16. The van der Waals surface area contributed by atoms with E-state index in [0.29, 0.717) is 16.9 Å². The fourth-order valence-electron chi connectivity index (χ4n) is 2.19. The van der Waals surface area contributed by atoms with E-state index in [1.54, 1.807) is 32.3 Å². The first-order valence-electron chi connectivity index (χ1n) is 5.80. The number of aryl methyl sites for hydroxylation is 2. The molecule has 0 saturated heterocycles. The number of aromatic nitrogens is 2. The normalized spacial score (nSPS) is 10.5. The molecular formula is C14H14N2O3. The van der Waals surface area contributed by atoms with E-state index in [2.05, 4.69) is 4.98 Å². The number of hydrogen-bond donors (Lipinski definition) is 1. The molecule has 1 N–H and O–H groups in total. The molecular weight excluding hydrogens is 244 g/mol. The van der Waals surface area contributed by atoms with Gasteiger partial charge < -0.3 is 5.11 Å². The summed E-state index contributed by atoms with van der Waals surface area (Å²) in [5.74, 6) is -1.04. The van der Waals surface area contributed by atoms with Crippen LogP contribution in [0.3, 0.4) is 0 Å². The largest absolute Gasteiger partial charge is 0.478 e. The fraction of sp³-hybridized carbons (Fsp3) is 0.214. The zero-order valence-corrected chi connectivity index (χ0v) is 11.0. The molecule has 0 aromatic carbocycles. The third-order valence-corrected chi connectivity index (χ3v) is 2.98. The van der Waals surface area contributed by atoms with Crippen molar-refractivity contribution in [1.29, 1.82) is 0 Å². The molecule has 2 heterocycles. The predicted octanol–water partition coefficient (Wildman–Crippen LogP) is 1.86. The second kappa shape index (κ2) is 4.68. The highest BCUT2D eigenvalue weighted by atomic mass is 16.4. The summed E-state index contributed by atoms with van der Waals surface area (Å²) in [7, 11) is 0. The van der Waals surface area contributed by atoms with Crippen LogP contribution in [0.1, 0.15) is 27.2 Å². The van der Waals surface area contributed by atoms with E-state index in [1.165, 1.54) is 10.6 Å². The number of pyridine rings is 2. The number of carboxylic acids is 1. The van der Waals surface area contributed by atoms with E-state index in [9.17, 15) is 14.7 Å². The number of aromatic carboxylic acids is 1. The third-order valence-electron chi connectivity index (χ3n) is 2.98. The van der Waals surface area contributed by atoms with Crippen LogP contribution in [-0.2, 0) is 0 Å². The lowest BCUT2D eigenvalue weighted by molar-refractivity contribution is 0.0694. The van der Waals surface area contributed by atoms with E-state index in [0.717, 1.165) is 5.56 Å². The minimum absolute atomic E-state index is 0.154. The summed E-state index contributed by atoms with van der Waals surface area (Å²) in [6.07, 6.45) is 3.22. The maximum atomic E-state index is 12.1. The van der Waals surface area contributed by atoms with Crippen LogP contribution in [0, 0.1) is 20.8 Å². The van der Waals surface area contributed by atoms with E-state index >= 15 is 0 Å². The molecule has 0 aliphatic rings. The summed E-state index contributed by atoms with van der Waals surface area (Å²) in [5, 5.41) is 9.23. The molecule has 0 amide bonds. The van der Waals surface area contributed by atoms with Gasteiger partial charge in [-0.25, -0.2) is 4.79 Å². The maximum Gasteiger partial charge on any atom is 0.337 e. The molecule has 0 fully saturated rings. The zero-order chi connectivity index (χ0) is 14.2. The molecule has 0 unspecified atom stereocenters. The first kappa shape index (κ1) is 13.0. The monoisotopic (exact) mass is 258 g/mol. The van der Waals surface area contributed by atoms with Crippen LogP contribution in [-0.4, -0.2) is 20.6 Å². The average molecular weight is 258 g/mol. The smallest absolute Gasteiger partial charge is 0.337 e. The van der Waals surface area contributed by atoms with Gasteiger partial charge in [0.05, 0.1) is 17.4 Å². The highest BCUT2D eigenvalue weighted by Crippen LogP contribution is 2.15. The molecule has 0 saturated carbocycles. The van der Waals surface area contributed by atoms with Gasteiger partial charge in [0.25, 0.3) is 5.56 Å². The van der Waals surface area contributed by atoms with E-state index < -0.39 is 5.97 Å². The Morgan fingerprint density at radius 3 is 2.47 bits per heavy atom. The average Bonchev–Trinajstić information content (AvgIpc) is 2.27. The van der Waals surface area contributed by atoms with Gasteiger partial charge in [-0.05, 0) is 38.0 Å². The number of hydrogen-bond acceptors (Lipinski definition) is 3. The molecule has 19 heavy (non-hydrogen) atoms. The van der Waals surface area contributed by atoms with Crippen molar-refractivity contribution < 1.29 is 9.90 Å². The summed E-state index contributed by atoms with van der Waals surface area (Å²) < 4.78 is 1.37. The first-order chi connectivity index (χ1) is 8.91. The van der Waals surface area contributed by atoms with Gasteiger partial charge in [0.15, 0.2) is 0 Å². The lowest BCUT2D eigenvalue weighted by Gasteiger charge is -2.14. The Morgan fingerprint density at radius 1 is 1.21 bits per heavy atom. The Balaban J connectivity index is 2.81. The van der Waals surface area contributed by atoms with Gasteiger partial charge in [-0.1, -0.05) is 0 Å². The van der Waals surface area contributed by atoms with Crippen LogP contribution in [0.4, 0.5) is 0 Å². The standard InChI is InChI=1S/C14H14N2O3/c1-8-4-11(7-15-6-8)16-10(3)13(14(18)19)9(2)5-12(16)17/h4-7H,1-3H3,(H,18,19). The molecule has 2 rings (SSSR count). The van der Waals surface area contributed by atoms with Crippen molar-refractivity contribution in [3.8, 4) is 5.69 Å².